The van der Waals surface area contributed by atoms with Gasteiger partial charge >= 0.3 is 5.97 Å². The van der Waals surface area contributed by atoms with E-state index in [1.807, 2.05) is 61.3 Å². The Morgan fingerprint density at radius 3 is 2.52 bits per heavy atom. The number of aliphatic hydroxyl groups excluding tert-OH is 1. The van der Waals surface area contributed by atoms with E-state index in [-0.39, 0.29) is 42.3 Å². The van der Waals surface area contributed by atoms with Crippen LogP contribution in [0.1, 0.15) is 56.7 Å². The first-order valence-electron chi connectivity index (χ1n) is 19.2. The summed E-state index contributed by atoms with van der Waals surface area (Å²) in [4.78, 5) is 59.3. The fraction of sp³-hybridized carbons (Fsp3) is 0.564. The molecule has 0 bridgehead atoms. The Balaban J connectivity index is 1.26. The van der Waals surface area contributed by atoms with Gasteiger partial charge in [-0.15, -0.1) is 5.10 Å². The summed E-state index contributed by atoms with van der Waals surface area (Å²) in [7, 11) is -1.57. The maximum atomic E-state index is 15.0. The number of aryl methyl sites for hydroxylation is 1. The molecule has 5 heterocycles. The Kier molecular flexibility index (Phi) is 10.7. The number of benzene rings is 2. The molecule has 3 N–H and O–H groups in total. The van der Waals surface area contributed by atoms with Crippen LogP contribution in [0.5, 0.6) is 0 Å². The molecular weight excluding hydrogens is 707 g/mol. The predicted molar refractivity (Wildman–Crippen MR) is 205 cm³/mol. The number of esters is 1. The van der Waals surface area contributed by atoms with Crippen molar-refractivity contribution in [2.45, 2.75) is 94.3 Å². The fourth-order valence-electron chi connectivity index (χ4n) is 9.47. The minimum absolute atomic E-state index is 0.0228. The van der Waals surface area contributed by atoms with E-state index in [9.17, 15) is 19.5 Å². The normalized spacial score (nSPS) is 25.0. The number of hydrogen-bond donors (Lipinski definition) is 3. The number of nitrogens with zero attached hydrogens (tertiary/aromatic N) is 6. The fourth-order valence-corrected chi connectivity index (χ4v) is 12.1. The molecule has 3 aromatic rings. The Morgan fingerprint density at radius 2 is 1.81 bits per heavy atom. The van der Waals surface area contributed by atoms with Gasteiger partial charge in [-0.1, -0.05) is 30.3 Å². The number of methoxy groups -OCH3 is 1. The van der Waals surface area contributed by atoms with Gasteiger partial charge in [0.1, 0.15) is 5.54 Å². The molecule has 54 heavy (non-hydrogen) atoms. The van der Waals surface area contributed by atoms with Crippen LogP contribution in [0.2, 0.25) is 18.6 Å². The monoisotopic (exact) mass is 759 g/mol. The number of piperidine rings is 1. The van der Waals surface area contributed by atoms with Gasteiger partial charge in [0, 0.05) is 67.1 Å². The second-order valence-corrected chi connectivity index (χ2v) is 19.7. The van der Waals surface area contributed by atoms with Crippen LogP contribution in [-0.2, 0) is 42.4 Å². The van der Waals surface area contributed by atoms with Crippen LogP contribution in [0.15, 0.2) is 54.7 Å². The van der Waals surface area contributed by atoms with Gasteiger partial charge in [0.25, 0.3) is 11.8 Å². The summed E-state index contributed by atoms with van der Waals surface area (Å²) in [6.07, 6.45) is 4.99. The first-order valence-corrected chi connectivity index (χ1v) is 22.3. The topological polar surface area (TPSA) is 163 Å². The van der Waals surface area contributed by atoms with Gasteiger partial charge in [-0.05, 0) is 88.6 Å². The lowest BCUT2D eigenvalue weighted by Gasteiger charge is -2.39. The van der Waals surface area contributed by atoms with E-state index in [0.29, 0.717) is 75.2 Å². The molecule has 2 amide bonds. The summed E-state index contributed by atoms with van der Waals surface area (Å²) in [5.74, 6) is -0.827. The van der Waals surface area contributed by atoms with Crippen molar-refractivity contribution in [3.05, 3.63) is 66.0 Å². The van der Waals surface area contributed by atoms with Crippen LogP contribution in [-0.4, -0.2) is 103 Å². The molecule has 4 atom stereocenters. The van der Waals surface area contributed by atoms with Gasteiger partial charge in [0.15, 0.2) is 13.9 Å². The third-order valence-corrected chi connectivity index (χ3v) is 14.6. The van der Waals surface area contributed by atoms with Crippen molar-refractivity contribution in [2.24, 2.45) is 5.92 Å². The van der Waals surface area contributed by atoms with Gasteiger partial charge in [-0.25, -0.2) is 0 Å². The molecule has 3 saturated heterocycles. The summed E-state index contributed by atoms with van der Waals surface area (Å²) < 4.78 is 13.7. The number of fused-ring (bicyclic) bond motifs is 2. The van der Waals surface area contributed by atoms with E-state index >= 15 is 4.79 Å². The van der Waals surface area contributed by atoms with Crippen molar-refractivity contribution < 1.29 is 33.8 Å². The number of unbranched alkanes of at least 4 members (excludes halogenated alkanes) is 1. The van der Waals surface area contributed by atoms with E-state index in [0.717, 1.165) is 24.5 Å². The van der Waals surface area contributed by atoms with Gasteiger partial charge in [0.05, 0.1) is 31.3 Å². The van der Waals surface area contributed by atoms with Crippen molar-refractivity contribution in [3.8, 4) is 0 Å². The van der Waals surface area contributed by atoms with Crippen molar-refractivity contribution in [2.75, 3.05) is 54.7 Å². The Bertz CT molecular complexity index is 1850. The molecule has 1 aromatic heterocycles. The first kappa shape index (κ1) is 38.1. The minimum atomic E-state index is -2.94. The van der Waals surface area contributed by atoms with E-state index in [1.165, 1.54) is 7.11 Å². The lowest BCUT2D eigenvalue weighted by Crippen LogP contribution is -2.55. The molecule has 4 aliphatic heterocycles. The van der Waals surface area contributed by atoms with Crippen LogP contribution < -0.4 is 20.0 Å². The molecular formula is C39H53N7O7Si. The molecule has 0 unspecified atom stereocenters. The molecule has 0 radical (unpaired) electrons. The smallest absolute Gasteiger partial charge is 0.305 e. The molecule has 2 aromatic carbocycles. The van der Waals surface area contributed by atoms with E-state index in [2.05, 4.69) is 32.7 Å². The highest BCUT2D eigenvalue weighted by Crippen LogP contribution is 2.60. The average molecular weight is 760 g/mol. The average Bonchev–Trinajstić information content (AvgIpc) is 3.88. The number of carbonyl (C=O) groups excluding carboxylic acids is 3. The molecule has 7 rings (SSSR count). The molecule has 290 valence electrons. The number of aromatic nitrogens is 3. The summed E-state index contributed by atoms with van der Waals surface area (Å²) in [6, 6.07) is 15.9. The zero-order valence-corrected chi connectivity index (χ0v) is 32.7. The van der Waals surface area contributed by atoms with Crippen molar-refractivity contribution in [1.29, 1.82) is 0 Å². The molecule has 15 heteroatoms. The summed E-state index contributed by atoms with van der Waals surface area (Å²) in [5.41, 5.74) is 1.42. The lowest BCUT2D eigenvalue weighted by atomic mass is 9.82. The SMILES string of the molecule is COC(=O)CCCCN1C(=O)[C@]2(O[C@H](CCn3cc(CCO)nn3)[C@@H]([Si](C)(C)O)[C@@H]2C)c2cc(N3CN(c4ccccc4)C4(CCNCC4)C3=O)ccc21. The lowest BCUT2D eigenvalue weighted by molar-refractivity contribution is -0.146. The molecule has 14 nitrogen and oxygen atoms in total. The largest absolute Gasteiger partial charge is 0.469 e. The Labute approximate surface area is 317 Å². The van der Waals surface area contributed by atoms with Gasteiger partial charge < -0.3 is 34.5 Å². The number of rotatable bonds is 13. The number of amides is 2. The quantitative estimate of drug-likeness (QED) is 0.133. The Hall–Kier alpha value is -4.15. The van der Waals surface area contributed by atoms with E-state index in [4.69, 9.17) is 9.47 Å². The zero-order chi connectivity index (χ0) is 38.3. The van der Waals surface area contributed by atoms with Crippen molar-refractivity contribution in [1.82, 2.24) is 20.3 Å². The highest BCUT2D eigenvalue weighted by atomic mass is 28.4. The number of aliphatic hydroxyl groups is 1. The maximum Gasteiger partial charge on any atom is 0.305 e. The number of para-hydroxylation sites is 1. The molecule has 2 spiro atoms. The Morgan fingerprint density at radius 1 is 1.06 bits per heavy atom. The van der Waals surface area contributed by atoms with E-state index in [1.54, 1.807) is 15.8 Å². The molecule has 4 aliphatic rings. The standard InChI is InChI=1S/C39H53N7O7Si/c1-27-35(54(3,4)51)33(15-22-43-25-28(16-23-47)41-42-43)53-39(27)31-24-30(13-14-32(31)44(37(39)50)21-9-8-12-34(48)52-2)45-26-46(29-10-6-5-7-11-29)38(36(45)49)17-19-40-20-18-38/h5-7,10-11,13-14,24-25,27,33,35,40,47,51H,8-9,12,15-23,26H2,1-4H3/t27-,33+,35-,39+/m0/s1. The van der Waals surface area contributed by atoms with Crippen LogP contribution in [0.25, 0.3) is 0 Å². The summed E-state index contributed by atoms with van der Waals surface area (Å²) in [5, 5.41) is 21.2. The number of nitrogens with one attached hydrogen (secondary N) is 1. The van der Waals surface area contributed by atoms with Gasteiger partial charge in [-0.3, -0.25) is 24.0 Å². The van der Waals surface area contributed by atoms with Crippen LogP contribution in [0.3, 0.4) is 0 Å². The number of anilines is 3. The van der Waals surface area contributed by atoms with Crippen molar-refractivity contribution >= 4 is 43.2 Å². The second kappa shape index (κ2) is 15.2. The summed E-state index contributed by atoms with van der Waals surface area (Å²) in [6.45, 7) is 8.48. The zero-order valence-electron chi connectivity index (χ0n) is 31.7. The molecule has 3 fully saturated rings. The number of hydrogen-bond acceptors (Lipinski definition) is 11. The van der Waals surface area contributed by atoms with E-state index < -0.39 is 25.6 Å². The van der Waals surface area contributed by atoms with Crippen LogP contribution in [0.4, 0.5) is 17.1 Å². The molecule has 0 saturated carbocycles. The number of carbonyl (C=O) groups is 3. The number of ether oxygens (including phenoxy) is 2. The summed E-state index contributed by atoms with van der Waals surface area (Å²) >= 11 is 0. The van der Waals surface area contributed by atoms with Gasteiger partial charge in [0.2, 0.25) is 0 Å². The second-order valence-electron chi connectivity index (χ2n) is 15.7. The van der Waals surface area contributed by atoms with Crippen LogP contribution in [0, 0.1) is 5.92 Å². The highest BCUT2D eigenvalue weighted by Gasteiger charge is 2.66. The third-order valence-electron chi connectivity index (χ3n) is 12.1. The highest BCUT2D eigenvalue weighted by molar-refractivity contribution is 6.71. The van der Waals surface area contributed by atoms with Crippen LogP contribution >= 0.6 is 0 Å². The first-order chi connectivity index (χ1) is 25.9. The minimum Gasteiger partial charge on any atom is -0.469 e. The molecule has 0 aliphatic carbocycles. The third kappa shape index (κ3) is 6.63. The van der Waals surface area contributed by atoms with Gasteiger partial charge in [-0.2, -0.15) is 0 Å². The van der Waals surface area contributed by atoms with Crippen molar-refractivity contribution in [3.63, 3.8) is 0 Å². The predicted octanol–water partition coefficient (Wildman–Crippen LogP) is 3.32. The maximum absolute atomic E-state index is 15.0.